The molecular formula is C9H4F8O2. The summed E-state index contributed by atoms with van der Waals surface area (Å²) in [5.74, 6) is -3.43. The van der Waals surface area contributed by atoms with E-state index in [4.69, 9.17) is 5.11 Å². The van der Waals surface area contributed by atoms with Gasteiger partial charge in [0.05, 0.1) is 5.56 Å². The molecule has 0 aromatic heterocycles. The van der Waals surface area contributed by atoms with Crippen molar-refractivity contribution in [2.24, 2.45) is 0 Å². The van der Waals surface area contributed by atoms with Gasteiger partial charge in [0, 0.05) is 0 Å². The molecule has 1 aromatic carbocycles. The fourth-order valence-electron chi connectivity index (χ4n) is 1.20. The smallest absolute Gasteiger partial charge is 0.420 e. The average Bonchev–Trinajstić information content (AvgIpc) is 2.16. The van der Waals surface area contributed by atoms with Crippen molar-refractivity contribution in [1.82, 2.24) is 0 Å². The van der Waals surface area contributed by atoms with Gasteiger partial charge in [-0.15, -0.1) is 0 Å². The van der Waals surface area contributed by atoms with Crippen LogP contribution < -0.4 is 4.74 Å². The second kappa shape index (κ2) is 4.74. The maximum atomic E-state index is 12.4. The minimum Gasteiger partial charge on any atom is -0.504 e. The number of rotatable bonds is 2. The van der Waals surface area contributed by atoms with E-state index in [2.05, 4.69) is 4.74 Å². The van der Waals surface area contributed by atoms with Crippen LogP contribution in [0.3, 0.4) is 0 Å². The minimum absolute atomic E-state index is 0.132. The Kier molecular flexibility index (Phi) is 3.82. The monoisotopic (exact) mass is 296 g/mol. The largest absolute Gasteiger partial charge is 0.504 e. The molecule has 2 nitrogen and oxygen atoms in total. The van der Waals surface area contributed by atoms with Gasteiger partial charge < -0.3 is 9.84 Å². The third-order valence-corrected chi connectivity index (χ3v) is 1.91. The highest BCUT2D eigenvalue weighted by molar-refractivity contribution is 5.50. The lowest BCUT2D eigenvalue weighted by Gasteiger charge is -2.17. The van der Waals surface area contributed by atoms with Gasteiger partial charge in [-0.3, -0.25) is 0 Å². The highest BCUT2D eigenvalue weighted by Gasteiger charge is 2.41. The Morgan fingerprint density at radius 1 is 0.947 bits per heavy atom. The number of hydrogen-bond acceptors (Lipinski definition) is 2. The van der Waals surface area contributed by atoms with Crippen LogP contribution in [0.4, 0.5) is 35.1 Å². The molecule has 0 radical (unpaired) electrons. The van der Waals surface area contributed by atoms with E-state index in [1.54, 1.807) is 0 Å². The van der Waals surface area contributed by atoms with Crippen LogP contribution in [0.1, 0.15) is 11.1 Å². The summed E-state index contributed by atoms with van der Waals surface area (Å²) in [6.45, 7) is -3.73. The first-order chi connectivity index (χ1) is 8.43. The fourth-order valence-corrected chi connectivity index (χ4v) is 1.20. The van der Waals surface area contributed by atoms with Crippen molar-refractivity contribution in [2.75, 3.05) is 0 Å². The molecule has 0 saturated heterocycles. The number of phenolic OH excluding ortho intramolecular Hbond substituents is 1. The molecule has 0 aliphatic rings. The van der Waals surface area contributed by atoms with Crippen molar-refractivity contribution in [2.45, 2.75) is 19.0 Å². The van der Waals surface area contributed by atoms with Crippen LogP contribution >= 0.6 is 0 Å². The lowest BCUT2D eigenvalue weighted by atomic mass is 10.1. The molecule has 0 fully saturated rings. The Hall–Kier alpha value is -1.74. The van der Waals surface area contributed by atoms with Crippen LogP contribution in [-0.4, -0.2) is 11.7 Å². The van der Waals surface area contributed by atoms with E-state index >= 15 is 0 Å². The van der Waals surface area contributed by atoms with E-state index in [0.29, 0.717) is 0 Å². The SMILES string of the molecule is Oc1cc(C(F)(F)F)cc(C(F)(F)F)c1OC(F)F. The Balaban J connectivity index is 3.48. The first-order valence-electron chi connectivity index (χ1n) is 4.39. The predicted octanol–water partition coefficient (Wildman–Crippen LogP) is 4.03. The number of hydrogen-bond donors (Lipinski definition) is 1. The molecule has 0 atom stereocenters. The maximum Gasteiger partial charge on any atom is 0.420 e. The van der Waals surface area contributed by atoms with Gasteiger partial charge in [0.1, 0.15) is 5.56 Å². The fraction of sp³-hybridized carbons (Fsp3) is 0.333. The Morgan fingerprint density at radius 2 is 1.47 bits per heavy atom. The molecule has 0 saturated carbocycles. The third-order valence-electron chi connectivity index (χ3n) is 1.91. The molecule has 19 heavy (non-hydrogen) atoms. The van der Waals surface area contributed by atoms with Gasteiger partial charge in [-0.05, 0) is 12.1 Å². The number of phenols is 1. The molecule has 1 rings (SSSR count). The number of aromatic hydroxyl groups is 1. The predicted molar refractivity (Wildman–Crippen MR) is 44.7 cm³/mol. The summed E-state index contributed by atoms with van der Waals surface area (Å²) in [4.78, 5) is 0. The number of benzene rings is 1. The van der Waals surface area contributed by atoms with Gasteiger partial charge in [0.25, 0.3) is 0 Å². The average molecular weight is 296 g/mol. The van der Waals surface area contributed by atoms with Crippen LogP contribution in [0.2, 0.25) is 0 Å². The van der Waals surface area contributed by atoms with Gasteiger partial charge in [0.15, 0.2) is 11.5 Å². The summed E-state index contributed by atoms with van der Waals surface area (Å²) in [7, 11) is 0. The van der Waals surface area contributed by atoms with Crippen molar-refractivity contribution in [3.63, 3.8) is 0 Å². The second-order valence-electron chi connectivity index (χ2n) is 3.25. The van der Waals surface area contributed by atoms with Crippen LogP contribution in [0.25, 0.3) is 0 Å². The molecule has 0 aliphatic carbocycles. The molecule has 0 spiro atoms. The summed E-state index contributed by atoms with van der Waals surface area (Å²) in [5, 5.41) is 8.99. The third kappa shape index (κ3) is 3.61. The van der Waals surface area contributed by atoms with Gasteiger partial charge in [-0.1, -0.05) is 0 Å². The van der Waals surface area contributed by atoms with Crippen molar-refractivity contribution in [3.05, 3.63) is 23.3 Å². The maximum absolute atomic E-state index is 12.4. The first-order valence-corrected chi connectivity index (χ1v) is 4.39. The highest BCUT2D eigenvalue weighted by Crippen LogP contribution is 2.45. The summed E-state index contributed by atoms with van der Waals surface area (Å²) >= 11 is 0. The number of halogens is 8. The summed E-state index contributed by atoms with van der Waals surface area (Å²) in [5.41, 5.74) is -3.97. The van der Waals surface area contributed by atoms with Crippen LogP contribution in [-0.2, 0) is 12.4 Å². The molecule has 108 valence electrons. The van der Waals surface area contributed by atoms with Crippen molar-refractivity contribution in [3.8, 4) is 11.5 Å². The van der Waals surface area contributed by atoms with Crippen LogP contribution in [0.5, 0.6) is 11.5 Å². The summed E-state index contributed by atoms with van der Waals surface area (Å²) in [6, 6.07) is -0.551. The zero-order chi connectivity index (χ0) is 15.0. The highest BCUT2D eigenvalue weighted by atomic mass is 19.4. The lowest BCUT2D eigenvalue weighted by Crippen LogP contribution is -2.14. The molecule has 0 unspecified atom stereocenters. The van der Waals surface area contributed by atoms with E-state index < -0.39 is 47.7 Å². The Labute approximate surface area is 99.8 Å². The standard InChI is InChI=1S/C9H4F8O2/c10-7(11)19-6-4(9(15,16)17)1-3(2-5(6)18)8(12,13)14/h1-2,7,18H. The molecule has 10 heteroatoms. The topological polar surface area (TPSA) is 29.5 Å². The zero-order valence-electron chi connectivity index (χ0n) is 8.61. The first kappa shape index (κ1) is 15.3. The quantitative estimate of drug-likeness (QED) is 0.835. The zero-order valence-corrected chi connectivity index (χ0v) is 8.61. The lowest BCUT2D eigenvalue weighted by molar-refractivity contribution is -0.146. The van der Waals surface area contributed by atoms with E-state index in [1.165, 1.54) is 0 Å². The van der Waals surface area contributed by atoms with E-state index in [-0.39, 0.29) is 6.07 Å². The molecule has 0 amide bonds. The summed E-state index contributed by atoms with van der Waals surface area (Å²) < 4.78 is 101. The van der Waals surface area contributed by atoms with E-state index in [9.17, 15) is 35.1 Å². The minimum atomic E-state index is -5.40. The van der Waals surface area contributed by atoms with Crippen molar-refractivity contribution >= 4 is 0 Å². The molecular weight excluding hydrogens is 292 g/mol. The molecule has 0 aliphatic heterocycles. The Morgan fingerprint density at radius 3 is 1.84 bits per heavy atom. The van der Waals surface area contributed by atoms with Crippen molar-refractivity contribution in [1.29, 1.82) is 0 Å². The summed E-state index contributed by atoms with van der Waals surface area (Å²) in [6.07, 6.45) is -10.6. The van der Waals surface area contributed by atoms with Crippen molar-refractivity contribution < 1.29 is 45.0 Å². The molecule has 1 aromatic rings. The Bertz CT molecular complexity index is 463. The van der Waals surface area contributed by atoms with Gasteiger partial charge >= 0.3 is 19.0 Å². The second-order valence-corrected chi connectivity index (χ2v) is 3.25. The molecule has 1 N–H and O–H groups in total. The number of ether oxygens (including phenoxy) is 1. The number of alkyl halides is 8. The normalized spacial score (nSPS) is 12.9. The van der Waals surface area contributed by atoms with Gasteiger partial charge in [-0.25, -0.2) is 0 Å². The van der Waals surface area contributed by atoms with Crippen LogP contribution in [0.15, 0.2) is 12.1 Å². The van der Waals surface area contributed by atoms with E-state index in [1.807, 2.05) is 0 Å². The van der Waals surface area contributed by atoms with Crippen LogP contribution in [0, 0.1) is 0 Å². The molecule has 0 heterocycles. The van der Waals surface area contributed by atoms with Gasteiger partial charge in [0.2, 0.25) is 0 Å². The molecule has 0 bridgehead atoms. The van der Waals surface area contributed by atoms with E-state index in [0.717, 1.165) is 0 Å². The van der Waals surface area contributed by atoms with Gasteiger partial charge in [-0.2, -0.15) is 35.1 Å².